The normalized spacial score (nSPS) is 17.4. The Labute approximate surface area is 166 Å². The summed E-state index contributed by atoms with van der Waals surface area (Å²) in [4.78, 5) is 25.2. The summed E-state index contributed by atoms with van der Waals surface area (Å²) in [5.74, 6) is 2.36. The van der Waals surface area contributed by atoms with Crippen molar-refractivity contribution < 1.29 is 0 Å². The first-order valence-electron chi connectivity index (χ1n) is 8.66. The zero-order valence-electron chi connectivity index (χ0n) is 15.2. The van der Waals surface area contributed by atoms with E-state index in [1.807, 2.05) is 13.0 Å². The fraction of sp³-hybridized carbons (Fsp3) is 0.389. The molecule has 8 heteroatoms. The first kappa shape index (κ1) is 17.9. The van der Waals surface area contributed by atoms with Crippen LogP contribution in [-0.2, 0) is 0 Å². The quantitative estimate of drug-likeness (QED) is 0.513. The van der Waals surface area contributed by atoms with Crippen molar-refractivity contribution in [1.82, 2.24) is 24.9 Å². The van der Waals surface area contributed by atoms with Gasteiger partial charge in [-0.05, 0) is 0 Å². The van der Waals surface area contributed by atoms with E-state index in [2.05, 4.69) is 43.4 Å². The Hall–Kier alpha value is -1.51. The van der Waals surface area contributed by atoms with E-state index in [0.717, 1.165) is 46.7 Å². The summed E-state index contributed by atoms with van der Waals surface area (Å²) in [7, 11) is 0. The number of anilines is 1. The minimum atomic E-state index is -0.993. The van der Waals surface area contributed by atoms with Gasteiger partial charge in [-0.2, -0.15) is 0 Å². The number of nitrogens with zero attached hydrogens (tertiary/aromatic N) is 6. The third-order valence-corrected chi connectivity index (χ3v) is 8.02. The van der Waals surface area contributed by atoms with Gasteiger partial charge in [0.05, 0.1) is 0 Å². The van der Waals surface area contributed by atoms with Gasteiger partial charge in [0.2, 0.25) is 0 Å². The third kappa shape index (κ3) is 3.50. The summed E-state index contributed by atoms with van der Waals surface area (Å²) in [6.45, 7) is 3.96. The average Bonchev–Trinajstić information content (AvgIpc) is 3.11. The van der Waals surface area contributed by atoms with Crippen molar-refractivity contribution in [2.45, 2.75) is 30.7 Å². The molecule has 0 radical (unpaired) electrons. The van der Waals surface area contributed by atoms with Gasteiger partial charge in [-0.15, -0.1) is 0 Å². The van der Waals surface area contributed by atoms with Crippen LogP contribution in [0, 0.1) is 6.92 Å². The van der Waals surface area contributed by atoms with Crippen LogP contribution >= 0.6 is 0 Å². The predicted molar refractivity (Wildman–Crippen MR) is 109 cm³/mol. The topological polar surface area (TPSA) is 67.7 Å². The Bertz CT molecular complexity index is 962. The van der Waals surface area contributed by atoms with Crippen LogP contribution in [0.4, 0.5) is 5.82 Å². The second kappa shape index (κ2) is 7.25. The van der Waals surface area contributed by atoms with Gasteiger partial charge in [-0.1, -0.05) is 0 Å². The van der Waals surface area contributed by atoms with Crippen LogP contribution in [0.3, 0.4) is 0 Å². The molecule has 0 spiro atoms. The van der Waals surface area contributed by atoms with E-state index in [9.17, 15) is 0 Å². The van der Waals surface area contributed by atoms with Crippen molar-refractivity contribution in [3.63, 3.8) is 0 Å². The molecular formula is C18H22As2N6. The van der Waals surface area contributed by atoms with Crippen molar-refractivity contribution in [2.24, 2.45) is 0 Å². The summed E-state index contributed by atoms with van der Waals surface area (Å²) in [5.41, 5.74) is 7.67. The van der Waals surface area contributed by atoms with Gasteiger partial charge in [0.25, 0.3) is 0 Å². The maximum absolute atomic E-state index is 4.84. The zero-order valence-corrected chi connectivity index (χ0v) is 19.5. The Balaban J connectivity index is 1.60. The van der Waals surface area contributed by atoms with Crippen molar-refractivity contribution in [3.05, 3.63) is 36.0 Å². The summed E-state index contributed by atoms with van der Waals surface area (Å²) in [6.07, 6.45) is 2.71. The molecule has 134 valence electrons. The van der Waals surface area contributed by atoms with Crippen LogP contribution in [0.5, 0.6) is 0 Å². The van der Waals surface area contributed by atoms with Crippen molar-refractivity contribution in [2.75, 3.05) is 18.0 Å². The van der Waals surface area contributed by atoms with Gasteiger partial charge in [-0.25, -0.2) is 0 Å². The molecular weight excluding hydrogens is 450 g/mol. The molecule has 0 aliphatic carbocycles. The molecule has 0 bridgehead atoms. The maximum atomic E-state index is 4.84. The fourth-order valence-corrected chi connectivity index (χ4v) is 5.48. The van der Waals surface area contributed by atoms with E-state index < -0.39 is 14.7 Å². The molecule has 0 N–H and O–H groups in total. The number of hydrogen-bond donors (Lipinski definition) is 0. The molecule has 1 saturated heterocycles. The number of aromatic nitrogens is 5. The Kier molecular flexibility index (Phi) is 4.98. The summed E-state index contributed by atoms with van der Waals surface area (Å²) in [5, 5.41) is 0. The Morgan fingerprint density at radius 1 is 1.15 bits per heavy atom. The van der Waals surface area contributed by atoms with Crippen molar-refractivity contribution in [3.8, 4) is 0 Å². The molecule has 0 amide bonds. The van der Waals surface area contributed by atoms with Gasteiger partial charge in [0.15, 0.2) is 0 Å². The fourth-order valence-electron chi connectivity index (χ4n) is 3.35. The molecule has 6 nitrogen and oxygen atoms in total. The monoisotopic (exact) mass is 472 g/mol. The number of rotatable bonds is 3. The number of pyridine rings is 1. The van der Waals surface area contributed by atoms with Crippen molar-refractivity contribution >= 4 is 57.3 Å². The van der Waals surface area contributed by atoms with Crippen molar-refractivity contribution in [1.29, 1.82) is 0 Å². The van der Waals surface area contributed by atoms with Crippen LogP contribution in [0.15, 0.2) is 24.5 Å². The molecule has 0 saturated carbocycles. The molecule has 3 aromatic rings. The Morgan fingerprint density at radius 2 is 2.00 bits per heavy atom. The number of fused-ring (bicyclic) bond motifs is 1. The zero-order chi connectivity index (χ0) is 18.3. The molecule has 1 aliphatic heterocycles. The molecule has 4 heterocycles. The van der Waals surface area contributed by atoms with E-state index in [1.54, 1.807) is 6.33 Å². The average molecular weight is 472 g/mol. The van der Waals surface area contributed by atoms with E-state index in [-0.39, 0.29) is 0 Å². The first-order valence-corrected chi connectivity index (χ1v) is 14.6. The third-order valence-electron chi connectivity index (χ3n) is 4.73. The second-order valence-corrected chi connectivity index (χ2v) is 12.7. The van der Waals surface area contributed by atoms with Crippen LogP contribution < -0.4 is 13.9 Å². The molecule has 26 heavy (non-hydrogen) atoms. The van der Waals surface area contributed by atoms with E-state index >= 15 is 0 Å². The summed E-state index contributed by atoms with van der Waals surface area (Å²) >= 11 is 0.490. The minimum absolute atomic E-state index is 0.444. The van der Waals surface area contributed by atoms with Gasteiger partial charge >= 0.3 is 167 Å². The second-order valence-electron chi connectivity index (χ2n) is 6.82. The molecule has 1 fully saturated rings. The predicted octanol–water partition coefficient (Wildman–Crippen LogP) is 0.337. The van der Waals surface area contributed by atoms with Crippen LogP contribution in [-0.4, -0.2) is 69.5 Å². The van der Waals surface area contributed by atoms with Gasteiger partial charge in [-0.3, -0.25) is 0 Å². The number of aryl methyl sites for hydroxylation is 1. The van der Waals surface area contributed by atoms with Gasteiger partial charge in [0, 0.05) is 0 Å². The van der Waals surface area contributed by atoms with Gasteiger partial charge < -0.3 is 0 Å². The van der Waals surface area contributed by atoms with E-state index in [4.69, 9.17) is 9.97 Å². The summed E-state index contributed by atoms with van der Waals surface area (Å²) < 4.78 is 2.26. The molecule has 0 aromatic carbocycles. The molecule has 4 rings (SSSR count). The van der Waals surface area contributed by atoms with Crippen LogP contribution in [0.2, 0.25) is 11.4 Å². The molecule has 3 aromatic heterocycles. The van der Waals surface area contributed by atoms with E-state index in [1.165, 1.54) is 27.0 Å². The molecule has 2 atom stereocenters. The SMILES string of the molecule is Cc1nc(C2CCN(c3ccc4ncnc([AsH2])c4n3)C2)cc([As](C)C)n1. The van der Waals surface area contributed by atoms with Gasteiger partial charge in [0.1, 0.15) is 0 Å². The number of hydrogen-bond acceptors (Lipinski definition) is 6. The summed E-state index contributed by atoms with van der Waals surface area (Å²) in [6, 6.07) is 6.37. The molecule has 2 unspecified atom stereocenters. The standard InChI is InChI=1S/C18H22As2N6/c1-11-23-14(8-15(24-11)20(2)3)12-6-7-26(9-12)16-5-4-13-17(25-16)18(19)22-10-21-13/h4-5,8,10,12H,6-7,9,19H2,1-3H3. The van der Waals surface area contributed by atoms with E-state index in [0.29, 0.717) is 5.92 Å². The molecule has 1 aliphatic rings. The Morgan fingerprint density at radius 3 is 2.81 bits per heavy atom. The van der Waals surface area contributed by atoms with Crippen LogP contribution in [0.1, 0.15) is 23.9 Å². The van der Waals surface area contributed by atoms with Crippen LogP contribution in [0.25, 0.3) is 11.0 Å². The first-order chi connectivity index (χ1) is 12.5.